The van der Waals surface area contributed by atoms with Crippen molar-refractivity contribution in [3.05, 3.63) is 0 Å². The summed E-state index contributed by atoms with van der Waals surface area (Å²) in [6.07, 6.45) is -3.58. The van der Waals surface area contributed by atoms with Crippen LogP contribution in [-0.2, 0) is 0 Å². The fraction of sp³-hybridized carbons (Fsp3) is 1.00. The molecule has 0 radical (unpaired) electrons. The monoisotopic (exact) mass is 420 g/mol. The van der Waals surface area contributed by atoms with Gasteiger partial charge in [0.2, 0.25) is 0 Å². The van der Waals surface area contributed by atoms with Gasteiger partial charge in [-0.05, 0) is 19.3 Å². The van der Waals surface area contributed by atoms with Gasteiger partial charge in [0.05, 0.1) is 26.7 Å². The van der Waals surface area contributed by atoms with Gasteiger partial charge in [-0.2, -0.15) is 30.7 Å². The molecule has 166 valence electrons. The molecule has 0 aliphatic heterocycles. The lowest BCUT2D eigenvalue weighted by molar-refractivity contribution is -0.910. The number of hydrogen-bond acceptors (Lipinski definition) is 0. The summed E-state index contributed by atoms with van der Waals surface area (Å²) in [5.74, 6) is -13.1. The first-order valence-electron chi connectivity index (χ1n) is 9.07. The summed E-state index contributed by atoms with van der Waals surface area (Å²) < 4.78 is 103. The fourth-order valence-corrected chi connectivity index (χ4v) is 2.28. The zero-order chi connectivity index (χ0) is 21.9. The predicted molar refractivity (Wildman–Crippen MR) is 87.5 cm³/mol. The Morgan fingerprint density at radius 2 is 0.963 bits per heavy atom. The van der Waals surface area contributed by atoms with Gasteiger partial charge in [-0.1, -0.05) is 40.0 Å². The number of nitrogens with zero attached hydrogens (tertiary/aromatic N) is 1. The molecule has 0 aromatic rings. The van der Waals surface area contributed by atoms with E-state index in [1.807, 2.05) is 0 Å². The first-order valence-corrected chi connectivity index (χ1v) is 9.07. The molecule has 0 bridgehead atoms. The first-order chi connectivity index (χ1) is 12.1. The van der Waals surface area contributed by atoms with Crippen molar-refractivity contribution in [2.24, 2.45) is 0 Å². The summed E-state index contributed by atoms with van der Waals surface area (Å²) in [6.45, 7) is 11.0. The normalized spacial score (nSPS) is 13.6. The molecule has 0 aliphatic rings. The molecule has 0 unspecified atom stereocenters. The van der Waals surface area contributed by atoms with Crippen molar-refractivity contribution in [3.63, 3.8) is 0 Å². The van der Waals surface area contributed by atoms with E-state index < -0.39 is 24.4 Å². The van der Waals surface area contributed by atoms with Crippen molar-refractivity contribution in [1.82, 2.24) is 0 Å². The Kier molecular flexibility index (Phi) is 12.7. The number of hydrogen-bond donors (Lipinski definition) is 0. The third-order valence-corrected chi connectivity index (χ3v) is 4.20. The molecule has 0 aromatic heterocycles. The molecule has 0 rings (SSSR count). The molecular weight excluding hydrogens is 389 g/mol. The van der Waals surface area contributed by atoms with E-state index in [9.17, 15) is 39.5 Å². The maximum atomic E-state index is 11.6. The van der Waals surface area contributed by atoms with Crippen molar-refractivity contribution in [2.75, 3.05) is 26.7 Å². The van der Waals surface area contributed by atoms with E-state index in [-0.39, 0.29) is 0 Å². The van der Waals surface area contributed by atoms with E-state index in [1.54, 1.807) is 0 Å². The fourth-order valence-electron chi connectivity index (χ4n) is 2.28. The van der Waals surface area contributed by atoms with Gasteiger partial charge in [0.25, 0.3) is 0 Å². The van der Waals surface area contributed by atoms with Crippen LogP contribution in [0.3, 0.4) is 0 Å². The lowest BCUT2D eigenvalue weighted by Crippen LogP contribution is -2.55. The van der Waals surface area contributed by atoms with E-state index in [4.69, 9.17) is 0 Å². The van der Waals surface area contributed by atoms with Gasteiger partial charge in [-0.25, -0.2) is 8.78 Å². The Morgan fingerprint density at radius 3 is 1.11 bits per heavy atom. The van der Waals surface area contributed by atoms with Crippen LogP contribution < -0.4 is 0 Å². The molecule has 0 aromatic carbocycles. The minimum absolute atomic E-state index is 1.32. The van der Waals surface area contributed by atoms with Crippen molar-refractivity contribution < 1.29 is 44.0 Å². The number of unbranched alkanes of at least 4 members (excludes halogenated alkanes) is 3. The molecule has 0 amide bonds. The van der Waals surface area contributed by atoms with E-state index >= 15 is 0 Å². The van der Waals surface area contributed by atoms with Crippen LogP contribution >= 0.6 is 0 Å². The van der Waals surface area contributed by atoms with Crippen LogP contribution in [0.2, 0.25) is 0 Å². The van der Waals surface area contributed by atoms with Crippen molar-refractivity contribution in [1.29, 1.82) is 0 Å². The average Bonchev–Trinajstić information content (AvgIpc) is 2.56. The Morgan fingerprint density at radius 1 is 0.667 bits per heavy atom. The summed E-state index contributed by atoms with van der Waals surface area (Å²) in [5, 5.41) is 0. The second-order valence-electron chi connectivity index (χ2n) is 6.85. The van der Waals surface area contributed by atoms with E-state index in [2.05, 4.69) is 27.8 Å². The highest BCUT2D eigenvalue weighted by Crippen LogP contribution is 2.48. The molecule has 0 saturated carbocycles. The Hall–Kier alpha value is -0.670. The third kappa shape index (κ3) is 9.38. The van der Waals surface area contributed by atoms with Gasteiger partial charge >= 0.3 is 24.4 Å². The van der Waals surface area contributed by atoms with Gasteiger partial charge in [0.1, 0.15) is 0 Å². The smallest absolute Gasteiger partial charge is 0.326 e. The van der Waals surface area contributed by atoms with E-state index in [0.717, 1.165) is 0 Å². The molecule has 27 heavy (non-hydrogen) atoms. The number of quaternary nitrogens is 1. The molecule has 0 N–H and O–H groups in total. The molecule has 0 atom stereocenters. The van der Waals surface area contributed by atoms with Crippen LogP contribution in [0.15, 0.2) is 0 Å². The van der Waals surface area contributed by atoms with Crippen LogP contribution in [0, 0.1) is 0 Å². The lowest BCUT2D eigenvalue weighted by Gasteiger charge is -2.34. The van der Waals surface area contributed by atoms with Gasteiger partial charge in [-0.3, -0.25) is 0 Å². The predicted octanol–water partition coefficient (Wildman–Crippen LogP) is 6.92. The Labute approximate surface area is 155 Å². The average molecular weight is 420 g/mol. The van der Waals surface area contributed by atoms with Crippen LogP contribution in [0.5, 0.6) is 0 Å². The highest BCUT2D eigenvalue weighted by molar-refractivity contribution is 4.92. The molecule has 0 spiro atoms. The molecule has 0 heterocycles. The van der Waals surface area contributed by atoms with Gasteiger partial charge in [-0.15, -0.1) is 0 Å². The van der Waals surface area contributed by atoms with Crippen LogP contribution in [0.25, 0.3) is 0 Å². The van der Waals surface area contributed by atoms with Crippen molar-refractivity contribution in [2.45, 2.75) is 83.7 Å². The SMILES string of the molecule is CCCC[N+](C)(CCCC)CCCC.FC(F)C(F)(F)C(F)(F)C(F)(F)F. The summed E-state index contributed by atoms with van der Waals surface area (Å²) in [5.41, 5.74) is 0. The standard InChI is InChI=1S/C13H30N.C4HF9/c1-5-8-11-14(4,12-9-6-2)13-10-7-3;5-1(6)2(7,8)3(9,10)4(11,12)13/h5-13H2,1-4H3;1H/q+1;. The summed E-state index contributed by atoms with van der Waals surface area (Å²) in [4.78, 5) is 0. The van der Waals surface area contributed by atoms with Gasteiger partial charge < -0.3 is 4.48 Å². The van der Waals surface area contributed by atoms with E-state index in [0.29, 0.717) is 0 Å². The van der Waals surface area contributed by atoms with Gasteiger partial charge in [0.15, 0.2) is 0 Å². The Bertz CT molecular complexity index is 359. The maximum absolute atomic E-state index is 11.6. The molecule has 1 nitrogen and oxygen atoms in total. The molecule has 0 fully saturated rings. The number of halogens is 9. The van der Waals surface area contributed by atoms with Crippen LogP contribution in [-0.4, -0.2) is 55.6 Å². The largest absolute Gasteiger partial charge is 0.460 e. The van der Waals surface area contributed by atoms with Crippen molar-refractivity contribution in [3.8, 4) is 0 Å². The summed E-state index contributed by atoms with van der Waals surface area (Å²) in [7, 11) is 2.45. The third-order valence-electron chi connectivity index (χ3n) is 4.20. The second-order valence-corrected chi connectivity index (χ2v) is 6.85. The zero-order valence-electron chi connectivity index (χ0n) is 16.3. The molecule has 0 aliphatic carbocycles. The van der Waals surface area contributed by atoms with Crippen molar-refractivity contribution >= 4 is 0 Å². The molecule has 0 saturated heterocycles. The number of rotatable bonds is 11. The van der Waals surface area contributed by atoms with E-state index in [1.165, 1.54) is 62.6 Å². The summed E-state index contributed by atoms with van der Waals surface area (Å²) >= 11 is 0. The molecule has 10 heteroatoms. The highest BCUT2D eigenvalue weighted by atomic mass is 19.4. The zero-order valence-corrected chi connectivity index (χ0v) is 16.3. The first kappa shape index (κ1) is 28.5. The quantitative estimate of drug-likeness (QED) is 0.251. The lowest BCUT2D eigenvalue weighted by atomic mass is 10.2. The second kappa shape index (κ2) is 12.0. The molecular formula is C17H31F9N+. The summed E-state index contributed by atoms with van der Waals surface area (Å²) in [6, 6.07) is 0. The Balaban J connectivity index is 0. The topological polar surface area (TPSA) is 0 Å². The minimum Gasteiger partial charge on any atom is -0.326 e. The maximum Gasteiger partial charge on any atom is 0.460 e. The van der Waals surface area contributed by atoms with Crippen LogP contribution in [0.4, 0.5) is 39.5 Å². The highest BCUT2D eigenvalue weighted by Gasteiger charge is 2.76. The minimum atomic E-state index is -6.73. The number of alkyl halides is 9. The van der Waals surface area contributed by atoms with Crippen LogP contribution in [0.1, 0.15) is 59.3 Å². The van der Waals surface area contributed by atoms with Gasteiger partial charge in [0, 0.05) is 0 Å².